The van der Waals surface area contributed by atoms with Crippen molar-refractivity contribution in [3.05, 3.63) is 58.6 Å². The number of hydrogen-bond acceptors (Lipinski definition) is 2. The molecule has 0 aromatic heterocycles. The molecule has 25 heavy (non-hydrogen) atoms. The van der Waals surface area contributed by atoms with E-state index in [0.29, 0.717) is 34.3 Å². The van der Waals surface area contributed by atoms with Crippen LogP contribution in [0.5, 0.6) is 0 Å². The van der Waals surface area contributed by atoms with E-state index in [0.717, 1.165) is 0 Å². The first kappa shape index (κ1) is 19.3. The topological polar surface area (TPSA) is 58.2 Å². The Bertz CT molecular complexity index is 712. The van der Waals surface area contributed by atoms with Gasteiger partial charge in [0.15, 0.2) is 0 Å². The van der Waals surface area contributed by atoms with Gasteiger partial charge in [-0.05, 0) is 37.1 Å². The number of carbonyl (C=O) groups is 2. The predicted molar refractivity (Wildman–Crippen MR) is 103 cm³/mol. The van der Waals surface area contributed by atoms with Gasteiger partial charge >= 0.3 is 0 Å². The van der Waals surface area contributed by atoms with Crippen molar-refractivity contribution in [3.8, 4) is 0 Å². The SMILES string of the molecule is CCC(CC)(C(=O)Nc1ccccc1Cl)C(=O)Nc1ccccc1Cl. The average molecular weight is 379 g/mol. The lowest BCUT2D eigenvalue weighted by molar-refractivity contribution is -0.137. The van der Waals surface area contributed by atoms with E-state index in [1.165, 1.54) is 0 Å². The average Bonchev–Trinajstić information content (AvgIpc) is 2.60. The third-order valence-electron chi connectivity index (χ3n) is 4.32. The van der Waals surface area contributed by atoms with Crippen LogP contribution < -0.4 is 10.6 Å². The van der Waals surface area contributed by atoms with Crippen LogP contribution in [0.15, 0.2) is 48.5 Å². The molecular formula is C19H20Cl2N2O2. The maximum absolute atomic E-state index is 12.9. The standard InChI is InChI=1S/C19H20Cl2N2O2/c1-3-19(4-2,17(24)22-15-11-7-5-9-13(15)20)18(25)23-16-12-8-6-10-14(16)21/h5-12H,3-4H2,1-2H3,(H,22,24)(H,23,25). The largest absolute Gasteiger partial charge is 0.324 e. The second kappa shape index (κ2) is 8.37. The lowest BCUT2D eigenvalue weighted by Crippen LogP contribution is -2.45. The van der Waals surface area contributed by atoms with Crippen LogP contribution in [0, 0.1) is 5.41 Å². The minimum atomic E-state index is -1.22. The highest BCUT2D eigenvalue weighted by Crippen LogP contribution is 2.33. The summed E-state index contributed by atoms with van der Waals surface area (Å²) < 4.78 is 0. The van der Waals surface area contributed by atoms with Gasteiger partial charge in [0.05, 0.1) is 21.4 Å². The summed E-state index contributed by atoms with van der Waals surface area (Å²) in [5, 5.41) is 6.38. The fourth-order valence-electron chi connectivity index (χ4n) is 2.60. The van der Waals surface area contributed by atoms with E-state index >= 15 is 0 Å². The van der Waals surface area contributed by atoms with Crippen molar-refractivity contribution in [2.45, 2.75) is 26.7 Å². The molecule has 2 N–H and O–H groups in total. The molecule has 6 heteroatoms. The van der Waals surface area contributed by atoms with Gasteiger partial charge in [0.25, 0.3) is 0 Å². The monoisotopic (exact) mass is 378 g/mol. The highest BCUT2D eigenvalue weighted by molar-refractivity contribution is 6.34. The predicted octanol–water partition coefficient (Wildman–Crippen LogP) is 5.38. The summed E-state index contributed by atoms with van der Waals surface area (Å²) in [6.07, 6.45) is 0.687. The summed E-state index contributed by atoms with van der Waals surface area (Å²) in [6, 6.07) is 13.8. The van der Waals surface area contributed by atoms with Crippen LogP contribution >= 0.6 is 23.2 Å². The Labute approximate surface area is 157 Å². The molecule has 0 spiro atoms. The molecule has 4 nitrogen and oxygen atoms in total. The van der Waals surface area contributed by atoms with E-state index in [9.17, 15) is 9.59 Å². The Morgan fingerprint density at radius 1 is 0.800 bits per heavy atom. The molecule has 0 unspecified atom stereocenters. The van der Waals surface area contributed by atoms with E-state index < -0.39 is 17.2 Å². The van der Waals surface area contributed by atoms with Crippen LogP contribution in [-0.4, -0.2) is 11.8 Å². The molecule has 2 aromatic rings. The molecule has 0 aliphatic rings. The fourth-order valence-corrected chi connectivity index (χ4v) is 2.97. The molecular weight excluding hydrogens is 359 g/mol. The van der Waals surface area contributed by atoms with E-state index in [1.807, 2.05) is 13.8 Å². The Morgan fingerprint density at radius 2 is 1.16 bits per heavy atom. The minimum absolute atomic E-state index is 0.343. The van der Waals surface area contributed by atoms with Crippen LogP contribution in [0.25, 0.3) is 0 Å². The quantitative estimate of drug-likeness (QED) is 0.663. The van der Waals surface area contributed by atoms with Gasteiger partial charge in [0.2, 0.25) is 11.8 Å². The van der Waals surface area contributed by atoms with Gasteiger partial charge in [0, 0.05) is 0 Å². The van der Waals surface area contributed by atoms with Crippen molar-refractivity contribution in [2.75, 3.05) is 10.6 Å². The number of amides is 2. The second-order valence-corrected chi connectivity index (χ2v) is 6.47. The number of carbonyl (C=O) groups excluding carboxylic acids is 2. The number of benzene rings is 2. The van der Waals surface area contributed by atoms with Gasteiger partial charge in [-0.3, -0.25) is 9.59 Å². The summed E-state index contributed by atoms with van der Waals surface area (Å²) in [5.41, 5.74) is -0.268. The van der Waals surface area contributed by atoms with Crippen LogP contribution in [0.2, 0.25) is 10.0 Å². The van der Waals surface area contributed by atoms with Crippen molar-refractivity contribution in [3.63, 3.8) is 0 Å². The number of anilines is 2. The summed E-state index contributed by atoms with van der Waals surface area (Å²) in [5.74, 6) is -0.787. The van der Waals surface area contributed by atoms with Gasteiger partial charge in [0.1, 0.15) is 5.41 Å². The van der Waals surface area contributed by atoms with E-state index in [4.69, 9.17) is 23.2 Å². The van der Waals surface area contributed by atoms with Gasteiger partial charge in [-0.15, -0.1) is 0 Å². The number of para-hydroxylation sites is 2. The Kier molecular flexibility index (Phi) is 6.45. The van der Waals surface area contributed by atoms with E-state index in [2.05, 4.69) is 10.6 Å². The highest BCUT2D eigenvalue weighted by atomic mass is 35.5. The molecule has 0 saturated heterocycles. The first-order chi connectivity index (χ1) is 11.9. The minimum Gasteiger partial charge on any atom is -0.324 e. The van der Waals surface area contributed by atoms with Gasteiger partial charge in [-0.2, -0.15) is 0 Å². The first-order valence-electron chi connectivity index (χ1n) is 8.06. The van der Waals surface area contributed by atoms with Crippen molar-refractivity contribution in [1.29, 1.82) is 0 Å². The Morgan fingerprint density at radius 3 is 1.48 bits per heavy atom. The lowest BCUT2D eigenvalue weighted by atomic mass is 9.80. The highest BCUT2D eigenvalue weighted by Gasteiger charge is 2.43. The van der Waals surface area contributed by atoms with Crippen molar-refractivity contribution in [1.82, 2.24) is 0 Å². The van der Waals surface area contributed by atoms with E-state index in [1.54, 1.807) is 48.5 Å². The molecule has 0 bridgehead atoms. The second-order valence-electron chi connectivity index (χ2n) is 5.66. The number of rotatable bonds is 6. The maximum Gasteiger partial charge on any atom is 0.240 e. The van der Waals surface area contributed by atoms with Gasteiger partial charge in [-0.25, -0.2) is 0 Å². The van der Waals surface area contributed by atoms with Crippen molar-refractivity contribution in [2.24, 2.45) is 5.41 Å². The molecule has 2 rings (SSSR count). The Balaban J connectivity index is 2.27. The molecule has 0 aliphatic heterocycles. The molecule has 2 aromatic carbocycles. The van der Waals surface area contributed by atoms with Crippen LogP contribution in [0.1, 0.15) is 26.7 Å². The molecule has 0 atom stereocenters. The fraction of sp³-hybridized carbons (Fsp3) is 0.263. The van der Waals surface area contributed by atoms with Crippen LogP contribution in [0.3, 0.4) is 0 Å². The summed E-state index contributed by atoms with van der Waals surface area (Å²) >= 11 is 12.2. The lowest BCUT2D eigenvalue weighted by Gasteiger charge is -2.29. The zero-order valence-corrected chi connectivity index (χ0v) is 15.6. The van der Waals surface area contributed by atoms with E-state index in [-0.39, 0.29) is 0 Å². The van der Waals surface area contributed by atoms with Gasteiger partial charge in [-0.1, -0.05) is 61.3 Å². The molecule has 0 fully saturated rings. The molecule has 0 aliphatic carbocycles. The Hall–Kier alpha value is -2.04. The number of hydrogen-bond donors (Lipinski definition) is 2. The van der Waals surface area contributed by atoms with Crippen LogP contribution in [-0.2, 0) is 9.59 Å². The smallest absolute Gasteiger partial charge is 0.240 e. The van der Waals surface area contributed by atoms with Gasteiger partial charge < -0.3 is 10.6 Å². The molecule has 132 valence electrons. The summed E-state index contributed by atoms with van der Waals surface area (Å²) in [7, 11) is 0. The zero-order valence-electron chi connectivity index (χ0n) is 14.1. The molecule has 0 saturated carbocycles. The first-order valence-corrected chi connectivity index (χ1v) is 8.82. The molecule has 0 heterocycles. The van der Waals surface area contributed by atoms with Crippen molar-refractivity contribution >= 4 is 46.4 Å². The third-order valence-corrected chi connectivity index (χ3v) is 4.98. The van der Waals surface area contributed by atoms with Crippen LogP contribution in [0.4, 0.5) is 11.4 Å². The molecule has 0 radical (unpaired) electrons. The third kappa shape index (κ3) is 4.14. The molecule has 2 amide bonds. The maximum atomic E-state index is 12.9. The summed E-state index contributed by atoms with van der Waals surface area (Å²) in [4.78, 5) is 25.8. The number of nitrogens with one attached hydrogen (secondary N) is 2. The number of halogens is 2. The normalized spacial score (nSPS) is 11.0. The summed E-state index contributed by atoms with van der Waals surface area (Å²) in [6.45, 7) is 3.61. The zero-order chi connectivity index (χ0) is 18.4. The van der Waals surface area contributed by atoms with Crippen molar-refractivity contribution < 1.29 is 9.59 Å².